The van der Waals surface area contributed by atoms with E-state index in [1.54, 1.807) is 27.7 Å². The highest BCUT2D eigenvalue weighted by Gasteiger charge is 2.25. The van der Waals surface area contributed by atoms with Crippen LogP contribution in [0.5, 0.6) is 0 Å². The van der Waals surface area contributed by atoms with Crippen LogP contribution < -0.4 is 5.32 Å². The number of aromatic nitrogens is 1. The lowest BCUT2D eigenvalue weighted by atomic mass is 10.1. The van der Waals surface area contributed by atoms with E-state index in [4.69, 9.17) is 4.74 Å². The van der Waals surface area contributed by atoms with E-state index in [0.29, 0.717) is 22.5 Å². The molecule has 0 unspecified atom stereocenters. The normalized spacial score (nSPS) is 11.6. The highest BCUT2D eigenvalue weighted by Crippen LogP contribution is 2.20. The molecule has 5 nitrogen and oxygen atoms in total. The minimum absolute atomic E-state index is 0.192. The number of aromatic amines is 1. The van der Waals surface area contributed by atoms with Crippen molar-refractivity contribution in [2.24, 2.45) is 0 Å². The summed E-state index contributed by atoms with van der Waals surface area (Å²) in [5.74, 6) is -0.622. The van der Waals surface area contributed by atoms with E-state index in [1.807, 2.05) is 20.8 Å². The SMILES string of the molecule is Cc1[nH]c(C(=O)NC(C)(C)C)c(C)c1C(=O)OC(C)C. The number of hydrogen-bond acceptors (Lipinski definition) is 3. The zero-order valence-electron chi connectivity index (χ0n) is 13.3. The summed E-state index contributed by atoms with van der Waals surface area (Å²) < 4.78 is 5.20. The van der Waals surface area contributed by atoms with Crippen molar-refractivity contribution in [3.05, 3.63) is 22.5 Å². The van der Waals surface area contributed by atoms with Gasteiger partial charge in [0.05, 0.1) is 11.7 Å². The highest BCUT2D eigenvalue weighted by molar-refractivity contribution is 6.00. The topological polar surface area (TPSA) is 71.2 Å². The number of H-pyrrole nitrogens is 1. The lowest BCUT2D eigenvalue weighted by Gasteiger charge is -2.20. The second kappa shape index (κ2) is 5.69. The molecule has 0 atom stereocenters. The van der Waals surface area contributed by atoms with Gasteiger partial charge < -0.3 is 15.0 Å². The molecular weight excluding hydrogens is 256 g/mol. The molecule has 0 aliphatic heterocycles. The molecule has 0 fully saturated rings. The Hall–Kier alpha value is -1.78. The molecule has 0 bridgehead atoms. The average Bonchev–Trinajstić information content (AvgIpc) is 2.50. The summed E-state index contributed by atoms with van der Waals surface area (Å²) >= 11 is 0. The van der Waals surface area contributed by atoms with E-state index < -0.39 is 5.97 Å². The summed E-state index contributed by atoms with van der Waals surface area (Å²) in [5.41, 5.74) is 1.79. The van der Waals surface area contributed by atoms with Crippen molar-refractivity contribution >= 4 is 11.9 Å². The van der Waals surface area contributed by atoms with Gasteiger partial charge in [0, 0.05) is 11.2 Å². The van der Waals surface area contributed by atoms with Crippen LogP contribution in [0.2, 0.25) is 0 Å². The zero-order valence-corrected chi connectivity index (χ0v) is 13.3. The Morgan fingerprint density at radius 3 is 2.20 bits per heavy atom. The Morgan fingerprint density at radius 2 is 1.75 bits per heavy atom. The van der Waals surface area contributed by atoms with Gasteiger partial charge in [-0.1, -0.05) is 0 Å². The third-order valence-electron chi connectivity index (χ3n) is 2.70. The Labute approximate surface area is 120 Å². The van der Waals surface area contributed by atoms with Crippen LogP contribution in [0.1, 0.15) is 66.7 Å². The number of esters is 1. The van der Waals surface area contributed by atoms with Gasteiger partial charge in [-0.3, -0.25) is 4.79 Å². The van der Waals surface area contributed by atoms with Crippen LogP contribution in [0, 0.1) is 13.8 Å². The van der Waals surface area contributed by atoms with Crippen LogP contribution in [0.3, 0.4) is 0 Å². The van der Waals surface area contributed by atoms with Gasteiger partial charge in [-0.15, -0.1) is 0 Å². The highest BCUT2D eigenvalue weighted by atomic mass is 16.5. The smallest absolute Gasteiger partial charge is 0.340 e. The largest absolute Gasteiger partial charge is 0.459 e. The quantitative estimate of drug-likeness (QED) is 0.836. The number of ether oxygens (including phenoxy) is 1. The summed E-state index contributed by atoms with van der Waals surface area (Å²) in [6.07, 6.45) is -0.192. The van der Waals surface area contributed by atoms with Crippen molar-refractivity contribution in [2.45, 2.75) is 60.1 Å². The van der Waals surface area contributed by atoms with Crippen LogP contribution in [-0.4, -0.2) is 28.5 Å². The molecule has 5 heteroatoms. The molecule has 0 aliphatic rings. The van der Waals surface area contributed by atoms with Crippen LogP contribution in [0.15, 0.2) is 0 Å². The second-order valence-electron chi connectivity index (χ2n) is 6.28. The van der Waals surface area contributed by atoms with Gasteiger partial charge in [0.1, 0.15) is 5.69 Å². The van der Waals surface area contributed by atoms with E-state index >= 15 is 0 Å². The van der Waals surface area contributed by atoms with Crippen molar-refractivity contribution in [1.29, 1.82) is 0 Å². The summed E-state index contributed by atoms with van der Waals surface area (Å²) in [6.45, 7) is 12.8. The van der Waals surface area contributed by atoms with Crippen molar-refractivity contribution < 1.29 is 14.3 Å². The number of rotatable bonds is 3. The van der Waals surface area contributed by atoms with Gasteiger partial charge in [0.2, 0.25) is 0 Å². The second-order valence-corrected chi connectivity index (χ2v) is 6.28. The van der Waals surface area contributed by atoms with Crippen LogP contribution >= 0.6 is 0 Å². The van der Waals surface area contributed by atoms with Gasteiger partial charge in [-0.05, 0) is 54.0 Å². The van der Waals surface area contributed by atoms with Gasteiger partial charge in [-0.2, -0.15) is 0 Å². The van der Waals surface area contributed by atoms with Crippen LogP contribution in [0.25, 0.3) is 0 Å². The van der Waals surface area contributed by atoms with Gasteiger partial charge in [0.25, 0.3) is 5.91 Å². The fourth-order valence-corrected chi connectivity index (χ4v) is 1.96. The van der Waals surface area contributed by atoms with E-state index in [-0.39, 0.29) is 17.6 Å². The van der Waals surface area contributed by atoms with Crippen molar-refractivity contribution in [3.63, 3.8) is 0 Å². The molecule has 0 spiro atoms. The molecule has 1 rings (SSSR count). The summed E-state index contributed by atoms with van der Waals surface area (Å²) in [4.78, 5) is 27.2. The first-order valence-electron chi connectivity index (χ1n) is 6.75. The van der Waals surface area contributed by atoms with Crippen molar-refractivity contribution in [3.8, 4) is 0 Å². The first kappa shape index (κ1) is 16.3. The number of hydrogen-bond donors (Lipinski definition) is 2. The molecule has 0 saturated heterocycles. The Morgan fingerprint density at radius 1 is 1.20 bits per heavy atom. The molecule has 1 aromatic heterocycles. The van der Waals surface area contributed by atoms with Gasteiger partial charge in [0.15, 0.2) is 0 Å². The summed E-state index contributed by atoms with van der Waals surface area (Å²) in [5, 5.41) is 2.87. The lowest BCUT2D eigenvalue weighted by molar-refractivity contribution is 0.0376. The molecule has 0 saturated carbocycles. The molecule has 1 aromatic rings. The lowest BCUT2D eigenvalue weighted by Crippen LogP contribution is -2.41. The first-order chi connectivity index (χ1) is 9.03. The Bertz CT molecular complexity index is 522. The van der Waals surface area contributed by atoms with Crippen molar-refractivity contribution in [1.82, 2.24) is 10.3 Å². The van der Waals surface area contributed by atoms with Gasteiger partial charge >= 0.3 is 5.97 Å². The molecule has 112 valence electrons. The maximum Gasteiger partial charge on any atom is 0.340 e. The maximum atomic E-state index is 12.2. The fraction of sp³-hybridized carbons (Fsp3) is 0.600. The average molecular weight is 280 g/mol. The minimum Gasteiger partial charge on any atom is -0.459 e. The Balaban J connectivity index is 3.09. The predicted molar refractivity (Wildman–Crippen MR) is 78.0 cm³/mol. The Kier molecular flexibility index (Phi) is 4.63. The van der Waals surface area contributed by atoms with Crippen molar-refractivity contribution in [2.75, 3.05) is 0 Å². The molecule has 2 N–H and O–H groups in total. The molecule has 0 radical (unpaired) electrons. The van der Waals surface area contributed by atoms with Gasteiger partial charge in [-0.25, -0.2) is 4.79 Å². The number of carbonyl (C=O) groups excluding carboxylic acids is 2. The van der Waals surface area contributed by atoms with Crippen LogP contribution in [0.4, 0.5) is 0 Å². The molecule has 0 aromatic carbocycles. The number of carbonyl (C=O) groups is 2. The number of aryl methyl sites for hydroxylation is 1. The van der Waals surface area contributed by atoms with E-state index in [2.05, 4.69) is 10.3 Å². The van der Waals surface area contributed by atoms with E-state index in [1.165, 1.54) is 0 Å². The van der Waals surface area contributed by atoms with E-state index in [0.717, 1.165) is 0 Å². The first-order valence-corrected chi connectivity index (χ1v) is 6.75. The third-order valence-corrected chi connectivity index (χ3v) is 2.70. The minimum atomic E-state index is -0.402. The number of amides is 1. The predicted octanol–water partition coefficient (Wildman–Crippen LogP) is 2.73. The molecular formula is C15H24N2O3. The third kappa shape index (κ3) is 3.85. The maximum absolute atomic E-state index is 12.2. The molecule has 1 amide bonds. The zero-order chi connectivity index (χ0) is 15.7. The molecule has 0 aliphatic carbocycles. The summed E-state index contributed by atoms with van der Waals surface area (Å²) in [7, 11) is 0. The molecule has 20 heavy (non-hydrogen) atoms. The molecule has 1 heterocycles. The fourth-order valence-electron chi connectivity index (χ4n) is 1.96. The summed E-state index contributed by atoms with van der Waals surface area (Å²) in [6, 6.07) is 0. The van der Waals surface area contributed by atoms with E-state index in [9.17, 15) is 9.59 Å². The number of nitrogens with one attached hydrogen (secondary N) is 2. The standard InChI is InChI=1S/C15H24N2O3/c1-8(2)20-14(19)11-9(3)12(16-10(11)4)13(18)17-15(5,6)7/h8,16H,1-7H3,(H,17,18). The van der Waals surface area contributed by atoms with Crippen LogP contribution in [-0.2, 0) is 4.74 Å². The monoisotopic (exact) mass is 280 g/mol.